The van der Waals surface area contributed by atoms with Crippen LogP contribution < -0.4 is 5.32 Å². The Balaban J connectivity index is 2.04. The Morgan fingerprint density at radius 3 is 2.71 bits per heavy atom. The lowest BCUT2D eigenvalue weighted by Crippen LogP contribution is -2.20. The van der Waals surface area contributed by atoms with Gasteiger partial charge in [0.25, 0.3) is 0 Å². The van der Waals surface area contributed by atoms with Crippen molar-refractivity contribution >= 4 is 11.6 Å². The number of phenols is 1. The number of aryl methyl sites for hydroxylation is 1. The molecule has 0 bridgehead atoms. The largest absolute Gasteiger partial charge is 0.506 e. The standard InChI is InChI=1S/C18H20ClNO/c1-2-12-3-5-13(6-4-12)16-11-20-8-7-14-9-17(19)18(21)10-15(14)16/h3-6,9-10,16,20-21H,2,7-8,11H2,1H3/t16-/m1/s1. The molecule has 0 aromatic heterocycles. The molecule has 21 heavy (non-hydrogen) atoms. The predicted molar refractivity (Wildman–Crippen MR) is 87.4 cm³/mol. The first-order valence-electron chi connectivity index (χ1n) is 7.50. The van der Waals surface area contributed by atoms with Crippen molar-refractivity contribution in [2.75, 3.05) is 13.1 Å². The molecule has 1 aliphatic heterocycles. The van der Waals surface area contributed by atoms with Gasteiger partial charge in [-0.2, -0.15) is 0 Å². The Hall–Kier alpha value is -1.51. The maximum absolute atomic E-state index is 9.96. The summed E-state index contributed by atoms with van der Waals surface area (Å²) in [4.78, 5) is 0. The molecular weight excluding hydrogens is 282 g/mol. The van der Waals surface area contributed by atoms with E-state index in [4.69, 9.17) is 11.6 Å². The molecule has 0 amide bonds. The lowest BCUT2D eigenvalue weighted by molar-refractivity contribution is 0.474. The Kier molecular flexibility index (Phi) is 4.18. The molecule has 2 N–H and O–H groups in total. The molecule has 0 saturated carbocycles. The fraction of sp³-hybridized carbons (Fsp3) is 0.333. The zero-order valence-electron chi connectivity index (χ0n) is 12.2. The van der Waals surface area contributed by atoms with E-state index in [0.29, 0.717) is 5.02 Å². The third-order valence-electron chi connectivity index (χ3n) is 4.29. The van der Waals surface area contributed by atoms with Gasteiger partial charge in [-0.05, 0) is 53.8 Å². The SMILES string of the molecule is CCc1ccc([C@H]2CNCCc3cc(Cl)c(O)cc32)cc1. The number of nitrogens with one attached hydrogen (secondary N) is 1. The van der Waals surface area contributed by atoms with Gasteiger partial charge in [-0.3, -0.25) is 0 Å². The van der Waals surface area contributed by atoms with Gasteiger partial charge in [0, 0.05) is 12.5 Å². The zero-order valence-corrected chi connectivity index (χ0v) is 13.0. The molecule has 3 rings (SSSR count). The average Bonchev–Trinajstić information content (AvgIpc) is 2.70. The van der Waals surface area contributed by atoms with Crippen LogP contribution in [0.5, 0.6) is 5.75 Å². The van der Waals surface area contributed by atoms with Crippen LogP contribution in [0.15, 0.2) is 36.4 Å². The molecule has 1 atom stereocenters. The highest BCUT2D eigenvalue weighted by Gasteiger charge is 2.21. The molecular formula is C18H20ClNO. The van der Waals surface area contributed by atoms with E-state index in [1.807, 2.05) is 12.1 Å². The van der Waals surface area contributed by atoms with Gasteiger partial charge < -0.3 is 10.4 Å². The number of halogens is 1. The summed E-state index contributed by atoms with van der Waals surface area (Å²) < 4.78 is 0. The van der Waals surface area contributed by atoms with Crippen LogP contribution in [0.1, 0.15) is 35.1 Å². The number of rotatable bonds is 2. The molecule has 0 aliphatic carbocycles. The first-order chi connectivity index (χ1) is 10.2. The third-order valence-corrected chi connectivity index (χ3v) is 4.60. The van der Waals surface area contributed by atoms with Crippen LogP contribution in [0.3, 0.4) is 0 Å². The molecule has 1 heterocycles. The second kappa shape index (κ2) is 6.08. The van der Waals surface area contributed by atoms with Gasteiger partial charge in [0.05, 0.1) is 5.02 Å². The van der Waals surface area contributed by atoms with Crippen molar-refractivity contribution in [1.82, 2.24) is 5.32 Å². The van der Waals surface area contributed by atoms with Gasteiger partial charge in [-0.15, -0.1) is 0 Å². The summed E-state index contributed by atoms with van der Waals surface area (Å²) in [7, 11) is 0. The van der Waals surface area contributed by atoms with Gasteiger partial charge >= 0.3 is 0 Å². The van der Waals surface area contributed by atoms with E-state index < -0.39 is 0 Å². The Morgan fingerprint density at radius 1 is 1.24 bits per heavy atom. The summed E-state index contributed by atoms with van der Waals surface area (Å²) >= 11 is 6.06. The first-order valence-corrected chi connectivity index (χ1v) is 7.87. The minimum absolute atomic E-state index is 0.174. The van der Waals surface area contributed by atoms with E-state index in [-0.39, 0.29) is 11.7 Å². The minimum atomic E-state index is 0.174. The van der Waals surface area contributed by atoms with Crippen molar-refractivity contribution in [3.05, 3.63) is 63.7 Å². The monoisotopic (exact) mass is 301 g/mol. The Labute approximate surface area is 130 Å². The van der Waals surface area contributed by atoms with Crippen LogP contribution >= 0.6 is 11.6 Å². The quantitative estimate of drug-likeness (QED) is 0.882. The molecule has 2 aromatic carbocycles. The summed E-state index contributed by atoms with van der Waals surface area (Å²) in [5.41, 5.74) is 5.04. The van der Waals surface area contributed by atoms with Crippen molar-refractivity contribution in [1.29, 1.82) is 0 Å². The summed E-state index contributed by atoms with van der Waals surface area (Å²) in [5.74, 6) is 0.434. The molecule has 1 aliphatic rings. The number of aromatic hydroxyl groups is 1. The van der Waals surface area contributed by atoms with Gasteiger partial charge in [-0.1, -0.05) is 42.8 Å². The second-order valence-electron chi connectivity index (χ2n) is 5.60. The third kappa shape index (κ3) is 2.92. The number of benzene rings is 2. The van der Waals surface area contributed by atoms with Crippen LogP contribution in [0.4, 0.5) is 0 Å². The van der Waals surface area contributed by atoms with E-state index in [9.17, 15) is 5.11 Å². The minimum Gasteiger partial charge on any atom is -0.506 e. The van der Waals surface area contributed by atoms with Gasteiger partial charge in [0.2, 0.25) is 0 Å². The highest BCUT2D eigenvalue weighted by molar-refractivity contribution is 6.32. The Morgan fingerprint density at radius 2 is 2.00 bits per heavy atom. The second-order valence-corrected chi connectivity index (χ2v) is 6.01. The molecule has 110 valence electrons. The predicted octanol–water partition coefficient (Wildman–Crippen LogP) is 3.89. The van der Waals surface area contributed by atoms with E-state index in [2.05, 4.69) is 36.5 Å². The first kappa shape index (κ1) is 14.4. The topological polar surface area (TPSA) is 32.3 Å². The summed E-state index contributed by atoms with van der Waals surface area (Å²) in [5, 5.41) is 13.9. The number of hydrogen-bond donors (Lipinski definition) is 2. The summed E-state index contributed by atoms with van der Waals surface area (Å²) in [6.07, 6.45) is 2.00. The summed E-state index contributed by atoms with van der Waals surface area (Å²) in [6, 6.07) is 12.5. The lowest BCUT2D eigenvalue weighted by Gasteiger charge is -2.19. The molecule has 0 spiro atoms. The normalized spacial score (nSPS) is 18.1. The molecule has 0 fully saturated rings. The lowest BCUT2D eigenvalue weighted by atomic mass is 9.87. The fourth-order valence-electron chi connectivity index (χ4n) is 3.02. The van der Waals surface area contributed by atoms with Crippen molar-refractivity contribution in [3.63, 3.8) is 0 Å². The van der Waals surface area contributed by atoms with Gasteiger partial charge in [0.15, 0.2) is 0 Å². The zero-order chi connectivity index (χ0) is 14.8. The summed E-state index contributed by atoms with van der Waals surface area (Å²) in [6.45, 7) is 3.99. The number of hydrogen-bond acceptors (Lipinski definition) is 2. The van der Waals surface area contributed by atoms with E-state index in [0.717, 1.165) is 25.9 Å². The highest BCUT2D eigenvalue weighted by Crippen LogP contribution is 2.35. The molecule has 0 unspecified atom stereocenters. The molecule has 0 radical (unpaired) electrons. The van der Waals surface area contributed by atoms with Gasteiger partial charge in [-0.25, -0.2) is 0 Å². The van der Waals surface area contributed by atoms with E-state index >= 15 is 0 Å². The van der Waals surface area contributed by atoms with Crippen molar-refractivity contribution < 1.29 is 5.11 Å². The number of fused-ring (bicyclic) bond motifs is 1. The van der Waals surface area contributed by atoms with E-state index in [1.165, 1.54) is 22.3 Å². The smallest absolute Gasteiger partial charge is 0.134 e. The van der Waals surface area contributed by atoms with E-state index in [1.54, 1.807) is 0 Å². The molecule has 3 heteroatoms. The highest BCUT2D eigenvalue weighted by atomic mass is 35.5. The fourth-order valence-corrected chi connectivity index (χ4v) is 3.21. The molecule has 0 saturated heterocycles. The van der Waals surface area contributed by atoms with Crippen molar-refractivity contribution in [2.24, 2.45) is 0 Å². The van der Waals surface area contributed by atoms with Gasteiger partial charge in [0.1, 0.15) is 5.75 Å². The van der Waals surface area contributed by atoms with Crippen molar-refractivity contribution in [3.8, 4) is 5.75 Å². The van der Waals surface area contributed by atoms with Crippen LogP contribution in [-0.4, -0.2) is 18.2 Å². The van der Waals surface area contributed by atoms with Crippen molar-refractivity contribution in [2.45, 2.75) is 25.7 Å². The maximum atomic E-state index is 9.96. The molecule has 2 aromatic rings. The maximum Gasteiger partial charge on any atom is 0.134 e. The number of phenolic OH excluding ortho intramolecular Hbond substituents is 1. The van der Waals surface area contributed by atoms with Crippen LogP contribution in [0, 0.1) is 0 Å². The van der Waals surface area contributed by atoms with Crippen LogP contribution in [-0.2, 0) is 12.8 Å². The molecule has 2 nitrogen and oxygen atoms in total. The Bertz CT molecular complexity index is 636. The van der Waals surface area contributed by atoms with Crippen LogP contribution in [0.2, 0.25) is 5.02 Å². The van der Waals surface area contributed by atoms with Crippen LogP contribution in [0.25, 0.3) is 0 Å². The average molecular weight is 302 g/mol.